The van der Waals surface area contributed by atoms with E-state index >= 15 is 0 Å². The summed E-state index contributed by atoms with van der Waals surface area (Å²) in [5, 5.41) is 0. The van der Waals surface area contributed by atoms with Crippen LogP contribution in [0.15, 0.2) is 36.4 Å². The van der Waals surface area contributed by atoms with Gasteiger partial charge in [-0.3, -0.25) is 9.59 Å². The molecular formula is C44H62O5. The van der Waals surface area contributed by atoms with Gasteiger partial charge in [0.05, 0.1) is 24.0 Å². The molecule has 0 bridgehead atoms. The van der Waals surface area contributed by atoms with Gasteiger partial charge in [-0.05, 0) is 133 Å². The smallest absolute Gasteiger partial charge is 0.312 e. The zero-order valence-corrected chi connectivity index (χ0v) is 31.7. The van der Waals surface area contributed by atoms with Gasteiger partial charge in [-0.15, -0.1) is 0 Å². The number of fused-ring (bicyclic) bond motifs is 6. The molecule has 4 aliphatic carbocycles. The van der Waals surface area contributed by atoms with Crippen LogP contribution in [0.4, 0.5) is 0 Å². The molecule has 49 heavy (non-hydrogen) atoms. The van der Waals surface area contributed by atoms with Crippen molar-refractivity contribution in [1.82, 2.24) is 0 Å². The second-order valence-electron chi connectivity index (χ2n) is 17.6. The molecule has 2 fully saturated rings. The Labute approximate surface area is 296 Å². The van der Waals surface area contributed by atoms with E-state index in [4.69, 9.17) is 14.2 Å². The minimum absolute atomic E-state index is 0.0137. The van der Waals surface area contributed by atoms with Crippen molar-refractivity contribution in [2.24, 2.45) is 22.7 Å². The Bertz CT molecular complexity index is 1430. The summed E-state index contributed by atoms with van der Waals surface area (Å²) in [6, 6.07) is 14.1. The third-order valence-electron chi connectivity index (χ3n) is 13.9. The van der Waals surface area contributed by atoms with Crippen LogP contribution in [0.1, 0.15) is 152 Å². The first kappa shape index (κ1) is 36.1. The number of ether oxygens (including phenoxy) is 3. The van der Waals surface area contributed by atoms with Crippen molar-refractivity contribution in [1.29, 1.82) is 0 Å². The third kappa shape index (κ3) is 6.40. The fourth-order valence-electron chi connectivity index (χ4n) is 11.0. The van der Waals surface area contributed by atoms with Gasteiger partial charge in [-0.1, -0.05) is 90.8 Å². The van der Waals surface area contributed by atoms with E-state index in [0.29, 0.717) is 25.0 Å². The molecule has 2 aromatic rings. The molecule has 0 radical (unpaired) electrons. The Hall–Kier alpha value is -2.66. The fourth-order valence-corrected chi connectivity index (χ4v) is 11.0. The number of esters is 2. The molecule has 4 aliphatic rings. The van der Waals surface area contributed by atoms with Crippen molar-refractivity contribution < 1.29 is 23.8 Å². The van der Waals surface area contributed by atoms with Crippen molar-refractivity contribution in [3.8, 4) is 0 Å². The summed E-state index contributed by atoms with van der Waals surface area (Å²) in [6.07, 6.45) is 10.1. The van der Waals surface area contributed by atoms with Gasteiger partial charge in [-0.25, -0.2) is 0 Å². The van der Waals surface area contributed by atoms with Crippen LogP contribution in [0.2, 0.25) is 0 Å². The van der Waals surface area contributed by atoms with Crippen LogP contribution in [0, 0.1) is 22.7 Å². The molecule has 5 unspecified atom stereocenters. The Morgan fingerprint density at radius 1 is 0.633 bits per heavy atom. The summed E-state index contributed by atoms with van der Waals surface area (Å²) in [7, 11) is 0. The minimum Gasteiger partial charge on any atom is -0.463 e. The highest BCUT2D eigenvalue weighted by Crippen LogP contribution is 2.59. The first-order valence-corrected chi connectivity index (χ1v) is 19.4. The zero-order valence-electron chi connectivity index (χ0n) is 31.7. The number of carbonyl (C=O) groups excluding carboxylic acids is 2. The van der Waals surface area contributed by atoms with Gasteiger partial charge in [0.25, 0.3) is 0 Å². The Kier molecular flexibility index (Phi) is 10.2. The number of rotatable bonds is 10. The summed E-state index contributed by atoms with van der Waals surface area (Å²) in [6.45, 7) is 19.1. The van der Waals surface area contributed by atoms with Crippen LogP contribution in [0.25, 0.3) is 0 Å². The van der Waals surface area contributed by atoms with Crippen LogP contribution >= 0.6 is 0 Å². The maximum Gasteiger partial charge on any atom is 0.312 e. The van der Waals surface area contributed by atoms with Crippen LogP contribution < -0.4 is 0 Å². The van der Waals surface area contributed by atoms with E-state index in [1.54, 1.807) is 0 Å². The van der Waals surface area contributed by atoms with Crippen molar-refractivity contribution >= 4 is 11.9 Å². The fraction of sp³-hybridized carbons (Fsp3) is 0.682. The summed E-state index contributed by atoms with van der Waals surface area (Å²) < 4.78 is 17.6. The topological polar surface area (TPSA) is 61.8 Å². The van der Waals surface area contributed by atoms with E-state index in [0.717, 1.165) is 64.2 Å². The summed E-state index contributed by atoms with van der Waals surface area (Å²) in [5.41, 5.74) is 7.56. The lowest BCUT2D eigenvalue weighted by Crippen LogP contribution is -2.53. The second-order valence-corrected chi connectivity index (χ2v) is 17.6. The van der Waals surface area contributed by atoms with Crippen molar-refractivity contribution in [2.75, 3.05) is 26.4 Å². The van der Waals surface area contributed by atoms with E-state index in [1.165, 1.54) is 33.4 Å². The molecule has 0 amide bonds. The second kappa shape index (κ2) is 13.8. The van der Waals surface area contributed by atoms with Crippen LogP contribution in [0.3, 0.4) is 0 Å². The van der Waals surface area contributed by atoms with Gasteiger partial charge in [0.1, 0.15) is 13.2 Å². The molecule has 2 saturated carbocycles. The Morgan fingerprint density at radius 3 is 1.43 bits per heavy atom. The van der Waals surface area contributed by atoms with Crippen LogP contribution in [-0.2, 0) is 47.5 Å². The lowest BCUT2D eigenvalue weighted by molar-refractivity contribution is -0.167. The highest BCUT2D eigenvalue weighted by Gasteiger charge is 2.57. The number of hydrogen-bond acceptors (Lipinski definition) is 5. The molecule has 6 rings (SSSR count). The van der Waals surface area contributed by atoms with Gasteiger partial charge in [-0.2, -0.15) is 0 Å². The Balaban J connectivity index is 0.982. The minimum atomic E-state index is -0.503. The monoisotopic (exact) mass is 670 g/mol. The summed E-state index contributed by atoms with van der Waals surface area (Å²) in [5.74, 6) is 1.37. The average molecular weight is 671 g/mol. The maximum absolute atomic E-state index is 13.7. The SMILES string of the molecule is CC(C)c1ccc2c(c1)CCC1C(C)(C(=O)OCCOCCOC(=O)C3(C)CCC[C@@]4(C)c5ccc(C(C)C)cc5CCC34)CCCC21C. The molecule has 0 N–H and O–H groups in total. The number of hydrogen-bond donors (Lipinski definition) is 0. The number of benzene rings is 2. The molecule has 268 valence electrons. The van der Waals surface area contributed by atoms with E-state index in [-0.39, 0.29) is 47.8 Å². The average Bonchev–Trinajstić information content (AvgIpc) is 3.06. The van der Waals surface area contributed by atoms with E-state index in [9.17, 15) is 9.59 Å². The molecule has 5 heteroatoms. The molecule has 0 aromatic heterocycles. The highest BCUT2D eigenvalue weighted by atomic mass is 16.6. The highest BCUT2D eigenvalue weighted by molar-refractivity contribution is 5.78. The van der Waals surface area contributed by atoms with E-state index in [1.807, 2.05) is 0 Å². The maximum atomic E-state index is 13.7. The quantitative estimate of drug-likeness (QED) is 0.186. The standard InChI is InChI=1S/C44H62O5/c1-29(2)31-11-15-35-33(27-31)13-17-37-41(35,5)19-9-21-43(37,7)39(45)48-25-23-47-24-26-49-40(46)44(8)22-10-20-42(6)36-16-12-32(30(3)4)28-34(36)14-18-38(42)44/h11-12,15-16,27-30,37-38H,9-10,13-14,17-26H2,1-8H3/t37?,38?,41-,42?,43?,44?/m0/s1. The predicted molar refractivity (Wildman–Crippen MR) is 196 cm³/mol. The van der Waals surface area contributed by atoms with Gasteiger partial charge < -0.3 is 14.2 Å². The molecule has 0 spiro atoms. The molecule has 0 heterocycles. The zero-order chi connectivity index (χ0) is 35.2. The van der Waals surface area contributed by atoms with Gasteiger partial charge in [0.2, 0.25) is 0 Å². The Morgan fingerprint density at radius 2 is 1.04 bits per heavy atom. The molecule has 6 atom stereocenters. The van der Waals surface area contributed by atoms with E-state index < -0.39 is 10.8 Å². The lowest BCUT2D eigenvalue weighted by Gasteiger charge is -2.54. The molecular weight excluding hydrogens is 608 g/mol. The molecule has 0 saturated heterocycles. The van der Waals surface area contributed by atoms with E-state index in [2.05, 4.69) is 91.8 Å². The third-order valence-corrected chi connectivity index (χ3v) is 13.9. The predicted octanol–water partition coefficient (Wildman–Crippen LogP) is 9.76. The van der Waals surface area contributed by atoms with Crippen molar-refractivity contribution in [3.05, 3.63) is 69.8 Å². The number of aryl methyl sites for hydroxylation is 2. The number of carbonyl (C=O) groups is 2. The van der Waals surface area contributed by atoms with Crippen LogP contribution in [0.5, 0.6) is 0 Å². The first-order valence-electron chi connectivity index (χ1n) is 19.4. The lowest BCUT2D eigenvalue weighted by atomic mass is 9.49. The van der Waals surface area contributed by atoms with Gasteiger partial charge in [0.15, 0.2) is 0 Å². The van der Waals surface area contributed by atoms with Gasteiger partial charge >= 0.3 is 11.9 Å². The van der Waals surface area contributed by atoms with Gasteiger partial charge in [0, 0.05) is 0 Å². The molecule has 2 aromatic carbocycles. The van der Waals surface area contributed by atoms with Crippen molar-refractivity contribution in [3.63, 3.8) is 0 Å². The van der Waals surface area contributed by atoms with Crippen LogP contribution in [-0.4, -0.2) is 38.4 Å². The first-order chi connectivity index (χ1) is 23.2. The molecule has 0 aliphatic heterocycles. The summed E-state index contributed by atoms with van der Waals surface area (Å²) >= 11 is 0. The van der Waals surface area contributed by atoms with Crippen molar-refractivity contribution in [2.45, 2.75) is 142 Å². The summed E-state index contributed by atoms with van der Waals surface area (Å²) in [4.78, 5) is 27.4. The molecule has 5 nitrogen and oxygen atoms in total. The normalized spacial score (nSPS) is 32.1. The largest absolute Gasteiger partial charge is 0.463 e.